The number of nitrogens with zero attached hydrogens (tertiary/aromatic N) is 1. The number of aryl methyl sites for hydroxylation is 1. The van der Waals surface area contributed by atoms with Crippen LogP contribution in [-0.4, -0.2) is 29.3 Å². The summed E-state index contributed by atoms with van der Waals surface area (Å²) in [6, 6.07) is 3.88. The molecule has 2 rings (SSSR count). The van der Waals surface area contributed by atoms with Crippen LogP contribution in [0.4, 0.5) is 4.79 Å². The van der Waals surface area contributed by atoms with Crippen molar-refractivity contribution in [3.8, 4) is 0 Å². The van der Waals surface area contributed by atoms with Gasteiger partial charge in [0.1, 0.15) is 0 Å². The molecule has 0 aliphatic heterocycles. The van der Waals surface area contributed by atoms with Gasteiger partial charge < -0.3 is 15.4 Å². The summed E-state index contributed by atoms with van der Waals surface area (Å²) in [5.74, 6) is 0. The molecule has 1 aliphatic carbocycles. The highest BCUT2D eigenvalue weighted by atomic mass is 16.5. The molecule has 22 heavy (non-hydrogen) atoms. The highest BCUT2D eigenvalue weighted by Crippen LogP contribution is 2.43. The van der Waals surface area contributed by atoms with Crippen molar-refractivity contribution in [1.29, 1.82) is 0 Å². The second-order valence-corrected chi connectivity index (χ2v) is 6.88. The van der Waals surface area contributed by atoms with Crippen LogP contribution in [-0.2, 0) is 11.3 Å². The third kappa shape index (κ3) is 3.77. The highest BCUT2D eigenvalue weighted by molar-refractivity contribution is 5.74. The first-order chi connectivity index (χ1) is 10.3. The standard InChI is InChI=1S/C17H27N3O2/c1-11(2)22-15-9-14(17(15,4)5)20-16(21)19-10-13-12(3)7-6-8-18-13/h6-8,11,14-15H,9-10H2,1-5H3,(H2,19,20,21)/t14-,15+/m0/s1. The van der Waals surface area contributed by atoms with Crippen LogP contribution in [0.25, 0.3) is 0 Å². The Kier molecular flexibility index (Phi) is 5.06. The molecule has 122 valence electrons. The topological polar surface area (TPSA) is 63.2 Å². The minimum atomic E-state index is -0.147. The first-order valence-electron chi connectivity index (χ1n) is 7.91. The van der Waals surface area contributed by atoms with Crippen molar-refractivity contribution >= 4 is 6.03 Å². The summed E-state index contributed by atoms with van der Waals surface area (Å²) in [5, 5.41) is 5.92. The van der Waals surface area contributed by atoms with Crippen LogP contribution >= 0.6 is 0 Å². The number of aromatic nitrogens is 1. The molecule has 2 atom stereocenters. The quantitative estimate of drug-likeness (QED) is 0.879. The van der Waals surface area contributed by atoms with E-state index in [1.54, 1.807) is 6.20 Å². The minimum absolute atomic E-state index is 0.0392. The van der Waals surface area contributed by atoms with Crippen molar-refractivity contribution in [1.82, 2.24) is 15.6 Å². The van der Waals surface area contributed by atoms with E-state index in [1.807, 2.05) is 32.9 Å². The zero-order chi connectivity index (χ0) is 16.3. The van der Waals surface area contributed by atoms with Crippen molar-refractivity contribution in [2.75, 3.05) is 0 Å². The van der Waals surface area contributed by atoms with Crippen LogP contribution in [0.1, 0.15) is 45.4 Å². The van der Waals surface area contributed by atoms with Crippen LogP contribution < -0.4 is 10.6 Å². The predicted octanol–water partition coefficient (Wildman–Crippen LogP) is 2.78. The first kappa shape index (κ1) is 16.7. The third-order valence-electron chi connectivity index (χ3n) is 4.45. The van der Waals surface area contributed by atoms with E-state index in [2.05, 4.69) is 29.5 Å². The van der Waals surface area contributed by atoms with Crippen LogP contribution in [0, 0.1) is 12.3 Å². The number of hydrogen-bond acceptors (Lipinski definition) is 3. The fourth-order valence-corrected chi connectivity index (χ4v) is 2.77. The number of hydrogen-bond donors (Lipinski definition) is 2. The molecular weight excluding hydrogens is 278 g/mol. The maximum atomic E-state index is 12.1. The summed E-state index contributed by atoms with van der Waals surface area (Å²) < 4.78 is 5.88. The number of nitrogens with one attached hydrogen (secondary N) is 2. The van der Waals surface area contributed by atoms with Crippen molar-refractivity contribution in [3.05, 3.63) is 29.6 Å². The van der Waals surface area contributed by atoms with Gasteiger partial charge in [-0.25, -0.2) is 4.79 Å². The Labute approximate surface area is 132 Å². The number of urea groups is 1. The number of carbonyl (C=O) groups is 1. The molecule has 2 N–H and O–H groups in total. The van der Waals surface area contributed by atoms with E-state index in [9.17, 15) is 4.79 Å². The van der Waals surface area contributed by atoms with Gasteiger partial charge in [-0.3, -0.25) is 4.98 Å². The van der Waals surface area contributed by atoms with Gasteiger partial charge in [0.15, 0.2) is 0 Å². The summed E-state index contributed by atoms with van der Waals surface area (Å²) in [4.78, 5) is 16.3. The minimum Gasteiger partial charge on any atom is -0.375 e. The monoisotopic (exact) mass is 305 g/mol. The van der Waals surface area contributed by atoms with E-state index in [-0.39, 0.29) is 29.7 Å². The lowest BCUT2D eigenvalue weighted by Crippen LogP contribution is -2.63. The van der Waals surface area contributed by atoms with E-state index in [1.165, 1.54) is 0 Å². The fourth-order valence-electron chi connectivity index (χ4n) is 2.77. The highest BCUT2D eigenvalue weighted by Gasteiger charge is 2.50. The number of rotatable bonds is 5. The largest absolute Gasteiger partial charge is 0.375 e. The second kappa shape index (κ2) is 6.65. The molecule has 1 aromatic rings. The van der Waals surface area contributed by atoms with Crippen LogP contribution in [0.5, 0.6) is 0 Å². The van der Waals surface area contributed by atoms with Gasteiger partial charge in [0.2, 0.25) is 0 Å². The lowest BCUT2D eigenvalue weighted by atomic mass is 9.64. The molecule has 1 saturated carbocycles. The van der Waals surface area contributed by atoms with Gasteiger partial charge in [-0.2, -0.15) is 0 Å². The normalized spacial score (nSPS) is 23.0. The van der Waals surface area contributed by atoms with Crippen molar-refractivity contribution in [2.45, 2.75) is 65.8 Å². The smallest absolute Gasteiger partial charge is 0.315 e. The van der Waals surface area contributed by atoms with Crippen molar-refractivity contribution < 1.29 is 9.53 Å². The van der Waals surface area contributed by atoms with Gasteiger partial charge in [-0.05, 0) is 38.8 Å². The summed E-state index contributed by atoms with van der Waals surface area (Å²) in [7, 11) is 0. The van der Waals surface area contributed by atoms with Crippen LogP contribution in [0.15, 0.2) is 18.3 Å². The Balaban J connectivity index is 1.80. The predicted molar refractivity (Wildman–Crippen MR) is 86.5 cm³/mol. The van der Waals surface area contributed by atoms with Gasteiger partial charge in [0.05, 0.1) is 24.4 Å². The zero-order valence-corrected chi connectivity index (χ0v) is 14.1. The molecule has 0 bridgehead atoms. The van der Waals surface area contributed by atoms with Gasteiger partial charge in [-0.1, -0.05) is 19.9 Å². The Morgan fingerprint density at radius 1 is 1.50 bits per heavy atom. The molecule has 0 radical (unpaired) electrons. The number of ether oxygens (including phenoxy) is 1. The molecule has 0 unspecified atom stereocenters. The van der Waals surface area contributed by atoms with Crippen LogP contribution in [0.2, 0.25) is 0 Å². The van der Waals surface area contributed by atoms with Crippen LogP contribution in [0.3, 0.4) is 0 Å². The van der Waals surface area contributed by atoms with Gasteiger partial charge in [0, 0.05) is 17.7 Å². The molecule has 0 saturated heterocycles. The van der Waals surface area contributed by atoms with Crippen molar-refractivity contribution in [3.63, 3.8) is 0 Å². The molecule has 1 fully saturated rings. The third-order valence-corrected chi connectivity index (χ3v) is 4.45. The number of carbonyl (C=O) groups excluding carboxylic acids is 1. The Hall–Kier alpha value is -1.62. The maximum absolute atomic E-state index is 12.1. The number of amides is 2. The Morgan fingerprint density at radius 2 is 2.23 bits per heavy atom. The van der Waals surface area contributed by atoms with Gasteiger partial charge in [-0.15, -0.1) is 0 Å². The van der Waals surface area contributed by atoms with E-state index < -0.39 is 0 Å². The molecule has 5 nitrogen and oxygen atoms in total. The summed E-state index contributed by atoms with van der Waals surface area (Å²) in [5.41, 5.74) is 1.94. The van der Waals surface area contributed by atoms with E-state index in [0.29, 0.717) is 6.54 Å². The molecular formula is C17H27N3O2. The summed E-state index contributed by atoms with van der Waals surface area (Å²) >= 11 is 0. The molecule has 1 heterocycles. The molecule has 0 aromatic carbocycles. The average molecular weight is 305 g/mol. The second-order valence-electron chi connectivity index (χ2n) is 6.88. The summed E-state index contributed by atoms with van der Waals surface area (Å²) in [6.45, 7) is 10.8. The Bertz CT molecular complexity index is 528. The SMILES string of the molecule is Cc1cccnc1CNC(=O)N[C@H]1C[C@@H](OC(C)C)C1(C)C. The van der Waals surface area contributed by atoms with Gasteiger partial charge >= 0.3 is 6.03 Å². The van der Waals surface area contributed by atoms with Crippen molar-refractivity contribution in [2.24, 2.45) is 5.41 Å². The van der Waals surface area contributed by atoms with E-state index in [4.69, 9.17) is 4.74 Å². The Morgan fingerprint density at radius 3 is 2.82 bits per heavy atom. The van der Waals surface area contributed by atoms with Gasteiger partial charge in [0.25, 0.3) is 0 Å². The summed E-state index contributed by atoms with van der Waals surface area (Å²) in [6.07, 6.45) is 3.02. The fraction of sp³-hybridized carbons (Fsp3) is 0.647. The molecule has 5 heteroatoms. The van der Waals surface area contributed by atoms with E-state index >= 15 is 0 Å². The molecule has 0 spiro atoms. The first-order valence-corrected chi connectivity index (χ1v) is 7.91. The molecule has 1 aliphatic rings. The average Bonchev–Trinajstić information content (AvgIpc) is 2.45. The maximum Gasteiger partial charge on any atom is 0.315 e. The number of pyridine rings is 1. The van der Waals surface area contributed by atoms with E-state index in [0.717, 1.165) is 17.7 Å². The molecule has 1 aromatic heterocycles. The zero-order valence-electron chi connectivity index (χ0n) is 14.1. The lowest BCUT2D eigenvalue weighted by Gasteiger charge is -2.52. The molecule has 2 amide bonds. The lowest BCUT2D eigenvalue weighted by molar-refractivity contribution is -0.135.